The highest BCUT2D eigenvalue weighted by Crippen LogP contribution is 2.27. The standard InChI is InChI=1S/C21H16N6O8/c1-34-13-4-2-11(3-5-13)23-21(31)35-9-12-8-26(10-22-12)16-6-14-15(7-17(16)27(32)33)25-19(28)18(24-14)20(29)30/h2-8,10H,9H2,1H3,(H,23,31)(H,25,28)(H,29,30). The van der Waals surface area contributed by atoms with Crippen LogP contribution in [0.4, 0.5) is 16.2 Å². The number of aromatic nitrogens is 4. The van der Waals surface area contributed by atoms with Crippen molar-refractivity contribution in [2.45, 2.75) is 6.61 Å². The van der Waals surface area contributed by atoms with E-state index in [0.717, 1.165) is 6.07 Å². The number of nitro groups is 1. The Morgan fingerprint density at radius 3 is 2.66 bits per heavy atom. The van der Waals surface area contributed by atoms with Gasteiger partial charge in [-0.05, 0) is 30.3 Å². The number of methoxy groups -OCH3 is 1. The highest BCUT2D eigenvalue weighted by atomic mass is 16.6. The summed E-state index contributed by atoms with van der Waals surface area (Å²) in [5.74, 6) is -0.916. The second kappa shape index (κ2) is 9.30. The first-order chi connectivity index (χ1) is 16.7. The Morgan fingerprint density at radius 1 is 1.26 bits per heavy atom. The lowest BCUT2D eigenvalue weighted by Crippen LogP contribution is -2.20. The molecule has 4 rings (SSSR count). The largest absolute Gasteiger partial charge is 0.497 e. The van der Waals surface area contributed by atoms with Crippen molar-refractivity contribution >= 4 is 34.5 Å². The Balaban J connectivity index is 1.55. The molecule has 0 aliphatic carbocycles. The van der Waals surface area contributed by atoms with Crippen LogP contribution in [0.25, 0.3) is 16.7 Å². The molecule has 0 radical (unpaired) electrons. The number of benzene rings is 2. The number of carboxylic acids is 1. The van der Waals surface area contributed by atoms with Crippen molar-refractivity contribution in [3.63, 3.8) is 0 Å². The number of nitro benzene ring substituents is 1. The van der Waals surface area contributed by atoms with E-state index in [1.165, 1.54) is 30.3 Å². The molecular weight excluding hydrogens is 464 g/mol. The van der Waals surface area contributed by atoms with Gasteiger partial charge in [0.15, 0.2) is 0 Å². The average molecular weight is 480 g/mol. The van der Waals surface area contributed by atoms with Gasteiger partial charge in [0, 0.05) is 18.0 Å². The van der Waals surface area contributed by atoms with Crippen LogP contribution in [0.1, 0.15) is 16.2 Å². The number of H-pyrrole nitrogens is 1. The Morgan fingerprint density at radius 2 is 2.00 bits per heavy atom. The Kier molecular flexibility index (Phi) is 6.09. The minimum Gasteiger partial charge on any atom is -0.497 e. The Hall–Kier alpha value is -5.27. The van der Waals surface area contributed by atoms with Crippen LogP contribution in [0.5, 0.6) is 5.75 Å². The number of hydrogen-bond acceptors (Lipinski definition) is 9. The molecule has 178 valence electrons. The topological polar surface area (TPSA) is 192 Å². The molecule has 0 atom stereocenters. The quantitative estimate of drug-likeness (QED) is 0.261. The number of hydrogen-bond donors (Lipinski definition) is 3. The lowest BCUT2D eigenvalue weighted by atomic mass is 10.2. The number of nitrogens with zero attached hydrogens (tertiary/aromatic N) is 4. The smallest absolute Gasteiger partial charge is 0.412 e. The normalized spacial score (nSPS) is 10.7. The van der Waals surface area contributed by atoms with Gasteiger partial charge in [0.05, 0.1) is 35.1 Å². The van der Waals surface area contributed by atoms with Crippen LogP contribution < -0.4 is 15.6 Å². The maximum absolute atomic E-state index is 12.0. The lowest BCUT2D eigenvalue weighted by Gasteiger charge is -2.07. The van der Waals surface area contributed by atoms with Crippen molar-refractivity contribution in [1.29, 1.82) is 0 Å². The predicted octanol–water partition coefficient (Wildman–Crippen LogP) is 2.47. The second-order valence-corrected chi connectivity index (χ2v) is 7.04. The molecular formula is C21H16N6O8. The van der Waals surface area contributed by atoms with Crippen LogP contribution in [0.15, 0.2) is 53.7 Å². The highest BCUT2D eigenvalue weighted by Gasteiger charge is 2.21. The summed E-state index contributed by atoms with van der Waals surface area (Å²) < 4.78 is 11.5. The number of aromatic carboxylic acids is 1. The molecule has 1 amide bonds. The third-order valence-electron chi connectivity index (χ3n) is 4.79. The van der Waals surface area contributed by atoms with Crippen LogP contribution >= 0.6 is 0 Å². The monoisotopic (exact) mass is 480 g/mol. The molecule has 0 unspecified atom stereocenters. The van der Waals surface area contributed by atoms with Gasteiger partial charge in [-0.2, -0.15) is 0 Å². The molecule has 0 saturated heterocycles. The van der Waals surface area contributed by atoms with Crippen molar-refractivity contribution in [2.75, 3.05) is 12.4 Å². The molecule has 35 heavy (non-hydrogen) atoms. The minimum atomic E-state index is -1.54. The third kappa shape index (κ3) is 4.90. The number of fused-ring (bicyclic) bond motifs is 1. The summed E-state index contributed by atoms with van der Waals surface area (Å²) in [5.41, 5.74) is -1.33. The van der Waals surface area contributed by atoms with Gasteiger partial charge in [-0.1, -0.05) is 0 Å². The van der Waals surface area contributed by atoms with E-state index < -0.39 is 28.2 Å². The van der Waals surface area contributed by atoms with Crippen molar-refractivity contribution in [2.24, 2.45) is 0 Å². The van der Waals surface area contributed by atoms with Gasteiger partial charge in [-0.15, -0.1) is 0 Å². The van der Waals surface area contributed by atoms with E-state index in [2.05, 4.69) is 20.3 Å². The van der Waals surface area contributed by atoms with Crippen LogP contribution in [0.3, 0.4) is 0 Å². The molecule has 2 aromatic heterocycles. The number of rotatable bonds is 7. The van der Waals surface area contributed by atoms with E-state index in [1.54, 1.807) is 24.3 Å². The summed E-state index contributed by atoms with van der Waals surface area (Å²) in [6, 6.07) is 8.91. The number of ether oxygens (including phenoxy) is 2. The lowest BCUT2D eigenvalue weighted by molar-refractivity contribution is -0.384. The van der Waals surface area contributed by atoms with E-state index in [0.29, 0.717) is 11.4 Å². The summed E-state index contributed by atoms with van der Waals surface area (Å²) >= 11 is 0. The molecule has 0 fully saturated rings. The van der Waals surface area contributed by atoms with E-state index >= 15 is 0 Å². The first-order valence-electron chi connectivity index (χ1n) is 9.82. The van der Waals surface area contributed by atoms with Crippen molar-refractivity contribution in [1.82, 2.24) is 19.5 Å². The molecule has 14 nitrogen and oxygen atoms in total. The van der Waals surface area contributed by atoms with Gasteiger partial charge in [0.2, 0.25) is 5.69 Å². The van der Waals surface area contributed by atoms with Crippen LogP contribution in [0, 0.1) is 10.1 Å². The number of anilines is 1. The maximum atomic E-state index is 12.0. The van der Waals surface area contributed by atoms with E-state index in [1.807, 2.05) is 0 Å². The van der Waals surface area contributed by atoms with Crippen molar-refractivity contribution in [3.05, 3.63) is 80.8 Å². The molecule has 0 bridgehead atoms. The molecule has 14 heteroatoms. The van der Waals surface area contributed by atoms with E-state index in [9.17, 15) is 24.5 Å². The molecule has 0 saturated carbocycles. The van der Waals surface area contributed by atoms with E-state index in [-0.39, 0.29) is 34.7 Å². The zero-order valence-corrected chi connectivity index (χ0v) is 17.9. The minimum absolute atomic E-state index is 0.00525. The van der Waals surface area contributed by atoms with Gasteiger partial charge in [-0.3, -0.25) is 24.8 Å². The van der Waals surface area contributed by atoms with E-state index in [4.69, 9.17) is 14.6 Å². The molecule has 3 N–H and O–H groups in total. The van der Waals surface area contributed by atoms with Crippen LogP contribution in [-0.2, 0) is 11.3 Å². The summed E-state index contributed by atoms with van der Waals surface area (Å²) in [5, 5.41) is 23.3. The summed E-state index contributed by atoms with van der Waals surface area (Å²) in [6.45, 7) is -0.231. The molecule has 2 aromatic carbocycles. The zero-order chi connectivity index (χ0) is 25.1. The SMILES string of the molecule is COc1ccc(NC(=O)OCc2cn(-c3cc4nc(C(=O)O)c(=O)[nH]c4cc3[N+](=O)[O-])cn2)cc1. The van der Waals surface area contributed by atoms with Crippen molar-refractivity contribution in [3.8, 4) is 11.4 Å². The molecule has 0 aliphatic heterocycles. The van der Waals surface area contributed by atoms with Gasteiger partial charge in [-0.25, -0.2) is 19.6 Å². The molecule has 4 aromatic rings. The Bertz CT molecular complexity index is 1510. The molecule has 0 spiro atoms. The first kappa shape index (κ1) is 22.9. The fraction of sp³-hybridized carbons (Fsp3) is 0.0952. The third-order valence-corrected chi connectivity index (χ3v) is 4.79. The van der Waals surface area contributed by atoms with Crippen LogP contribution in [0.2, 0.25) is 0 Å². The summed E-state index contributed by atoms with van der Waals surface area (Å²) in [7, 11) is 1.52. The first-order valence-corrected chi connectivity index (χ1v) is 9.82. The molecule has 2 heterocycles. The predicted molar refractivity (Wildman–Crippen MR) is 120 cm³/mol. The number of carboxylic acid groups (broad SMARTS) is 1. The Labute approximate surface area is 194 Å². The number of nitrogens with one attached hydrogen (secondary N) is 2. The fourth-order valence-electron chi connectivity index (χ4n) is 3.15. The summed E-state index contributed by atoms with van der Waals surface area (Å²) in [6.07, 6.45) is 1.92. The second-order valence-electron chi connectivity index (χ2n) is 7.04. The number of aromatic amines is 1. The maximum Gasteiger partial charge on any atom is 0.412 e. The molecule has 0 aliphatic rings. The fourth-order valence-corrected chi connectivity index (χ4v) is 3.15. The number of carbonyl (C=O) groups excluding carboxylic acids is 1. The van der Waals surface area contributed by atoms with Gasteiger partial charge >= 0.3 is 12.1 Å². The highest BCUT2D eigenvalue weighted by molar-refractivity contribution is 5.89. The average Bonchev–Trinajstić information content (AvgIpc) is 3.31. The number of amides is 1. The van der Waals surface area contributed by atoms with Crippen molar-refractivity contribution < 1.29 is 29.1 Å². The van der Waals surface area contributed by atoms with Gasteiger partial charge < -0.3 is 19.6 Å². The summed E-state index contributed by atoms with van der Waals surface area (Å²) in [4.78, 5) is 56.2. The van der Waals surface area contributed by atoms with Gasteiger partial charge in [0.25, 0.3) is 11.2 Å². The zero-order valence-electron chi connectivity index (χ0n) is 17.9. The van der Waals surface area contributed by atoms with Crippen LogP contribution in [-0.4, -0.2) is 48.7 Å². The van der Waals surface area contributed by atoms with Gasteiger partial charge in [0.1, 0.15) is 18.0 Å². The number of carbonyl (C=O) groups is 2. The number of imidazole rings is 1.